The van der Waals surface area contributed by atoms with Crippen molar-refractivity contribution in [2.45, 2.75) is 34.2 Å². The monoisotopic (exact) mass is 251 g/mol. The summed E-state index contributed by atoms with van der Waals surface area (Å²) >= 11 is 0. The summed E-state index contributed by atoms with van der Waals surface area (Å²) in [4.78, 5) is 11.6. The average Bonchev–Trinajstić information content (AvgIpc) is 2.56. The molecule has 0 bridgehead atoms. The standard InChI is InChI=1S/C14H25N3O/c1-10-7-12(11(2)17(10)6)8-16-9-14(3,4)13(18)15-5/h7,16H,8-9H2,1-6H3,(H,15,18). The van der Waals surface area contributed by atoms with Gasteiger partial charge in [0.15, 0.2) is 0 Å². The molecule has 0 saturated heterocycles. The van der Waals surface area contributed by atoms with Crippen molar-refractivity contribution in [2.75, 3.05) is 13.6 Å². The Morgan fingerprint density at radius 1 is 1.39 bits per heavy atom. The molecule has 0 aromatic carbocycles. The van der Waals surface area contributed by atoms with Crippen LogP contribution in [0.3, 0.4) is 0 Å². The van der Waals surface area contributed by atoms with Gasteiger partial charge < -0.3 is 15.2 Å². The highest BCUT2D eigenvalue weighted by Crippen LogP contribution is 2.16. The van der Waals surface area contributed by atoms with Crippen LogP contribution >= 0.6 is 0 Å². The predicted molar refractivity (Wildman–Crippen MR) is 74.4 cm³/mol. The molecule has 18 heavy (non-hydrogen) atoms. The van der Waals surface area contributed by atoms with Gasteiger partial charge in [-0.15, -0.1) is 0 Å². The van der Waals surface area contributed by atoms with Crippen molar-refractivity contribution < 1.29 is 4.79 Å². The average molecular weight is 251 g/mol. The molecule has 0 spiro atoms. The zero-order valence-electron chi connectivity index (χ0n) is 12.3. The van der Waals surface area contributed by atoms with Crippen molar-refractivity contribution in [1.82, 2.24) is 15.2 Å². The van der Waals surface area contributed by atoms with Crippen molar-refractivity contribution in [1.29, 1.82) is 0 Å². The molecule has 4 nitrogen and oxygen atoms in total. The number of amides is 1. The van der Waals surface area contributed by atoms with Gasteiger partial charge in [-0.25, -0.2) is 0 Å². The van der Waals surface area contributed by atoms with Crippen LogP contribution in [-0.4, -0.2) is 24.1 Å². The number of aryl methyl sites for hydroxylation is 1. The highest BCUT2D eigenvalue weighted by atomic mass is 16.2. The molecule has 4 heteroatoms. The fourth-order valence-corrected chi connectivity index (χ4v) is 2.04. The third kappa shape index (κ3) is 3.13. The molecule has 1 heterocycles. The summed E-state index contributed by atoms with van der Waals surface area (Å²) in [5.74, 6) is 0.0657. The minimum atomic E-state index is -0.382. The van der Waals surface area contributed by atoms with E-state index in [1.165, 1.54) is 17.0 Å². The number of hydrogen-bond donors (Lipinski definition) is 2. The van der Waals surface area contributed by atoms with E-state index in [2.05, 4.69) is 42.2 Å². The van der Waals surface area contributed by atoms with Crippen LogP contribution in [-0.2, 0) is 18.4 Å². The number of aromatic nitrogens is 1. The topological polar surface area (TPSA) is 46.1 Å². The smallest absolute Gasteiger partial charge is 0.226 e. The van der Waals surface area contributed by atoms with Gasteiger partial charge in [0.05, 0.1) is 5.41 Å². The molecule has 0 fully saturated rings. The van der Waals surface area contributed by atoms with E-state index in [9.17, 15) is 4.79 Å². The van der Waals surface area contributed by atoms with E-state index in [-0.39, 0.29) is 11.3 Å². The lowest BCUT2D eigenvalue weighted by atomic mass is 9.92. The van der Waals surface area contributed by atoms with Crippen molar-refractivity contribution in [3.8, 4) is 0 Å². The maximum Gasteiger partial charge on any atom is 0.226 e. The van der Waals surface area contributed by atoms with Crippen molar-refractivity contribution in [2.24, 2.45) is 12.5 Å². The van der Waals surface area contributed by atoms with E-state index >= 15 is 0 Å². The number of hydrogen-bond acceptors (Lipinski definition) is 2. The molecule has 102 valence electrons. The van der Waals surface area contributed by atoms with Crippen LogP contribution in [0.2, 0.25) is 0 Å². The molecule has 2 N–H and O–H groups in total. The van der Waals surface area contributed by atoms with E-state index in [1.54, 1.807) is 7.05 Å². The molecule has 1 rings (SSSR count). The Labute approximate surface area is 110 Å². The molecule has 0 aliphatic carbocycles. The first-order valence-electron chi connectivity index (χ1n) is 6.34. The van der Waals surface area contributed by atoms with Gasteiger partial charge in [0.25, 0.3) is 0 Å². The van der Waals surface area contributed by atoms with Crippen LogP contribution in [0.5, 0.6) is 0 Å². The fourth-order valence-electron chi connectivity index (χ4n) is 2.04. The Bertz CT molecular complexity index is 432. The second-order valence-electron chi connectivity index (χ2n) is 5.52. The highest BCUT2D eigenvalue weighted by Gasteiger charge is 2.25. The Balaban J connectivity index is 2.57. The van der Waals surface area contributed by atoms with Crippen LogP contribution in [0.15, 0.2) is 6.07 Å². The largest absolute Gasteiger partial charge is 0.359 e. The maximum absolute atomic E-state index is 11.6. The molecule has 0 saturated carbocycles. The summed E-state index contributed by atoms with van der Waals surface area (Å²) in [6, 6.07) is 2.19. The lowest BCUT2D eigenvalue weighted by Gasteiger charge is -2.22. The molecule has 1 aromatic heterocycles. The van der Waals surface area contributed by atoms with Crippen LogP contribution in [0.4, 0.5) is 0 Å². The van der Waals surface area contributed by atoms with Gasteiger partial charge >= 0.3 is 0 Å². The molecule has 0 radical (unpaired) electrons. The Morgan fingerprint density at radius 2 is 2.00 bits per heavy atom. The number of rotatable bonds is 5. The number of nitrogens with one attached hydrogen (secondary N) is 2. The van der Waals surface area contributed by atoms with Crippen molar-refractivity contribution in [3.63, 3.8) is 0 Å². The predicted octanol–water partition coefficient (Wildman–Crippen LogP) is 1.50. The fraction of sp³-hybridized carbons (Fsp3) is 0.643. The third-order valence-electron chi connectivity index (χ3n) is 3.60. The normalized spacial score (nSPS) is 11.7. The van der Waals surface area contributed by atoms with Crippen LogP contribution in [0.1, 0.15) is 30.8 Å². The maximum atomic E-state index is 11.6. The van der Waals surface area contributed by atoms with Gasteiger partial charge in [-0.05, 0) is 39.3 Å². The molecule has 0 aliphatic rings. The van der Waals surface area contributed by atoms with Crippen LogP contribution in [0.25, 0.3) is 0 Å². The van der Waals surface area contributed by atoms with Crippen molar-refractivity contribution in [3.05, 3.63) is 23.0 Å². The summed E-state index contributed by atoms with van der Waals surface area (Å²) in [7, 11) is 3.75. The van der Waals surface area contributed by atoms with E-state index in [4.69, 9.17) is 0 Å². The summed E-state index contributed by atoms with van der Waals surface area (Å²) < 4.78 is 2.18. The summed E-state index contributed by atoms with van der Waals surface area (Å²) in [5, 5.41) is 6.06. The van der Waals surface area contributed by atoms with E-state index < -0.39 is 0 Å². The summed E-state index contributed by atoms with van der Waals surface area (Å²) in [5.41, 5.74) is 3.45. The molecular formula is C14H25N3O. The summed E-state index contributed by atoms with van der Waals surface area (Å²) in [6.07, 6.45) is 0. The minimum Gasteiger partial charge on any atom is -0.359 e. The zero-order valence-corrected chi connectivity index (χ0v) is 12.3. The van der Waals surface area contributed by atoms with Gasteiger partial charge in [-0.2, -0.15) is 0 Å². The Hall–Kier alpha value is -1.29. The van der Waals surface area contributed by atoms with Crippen molar-refractivity contribution >= 4 is 5.91 Å². The molecule has 0 aliphatic heterocycles. The molecular weight excluding hydrogens is 226 g/mol. The van der Waals surface area contributed by atoms with Gasteiger partial charge in [-0.3, -0.25) is 4.79 Å². The number of nitrogens with zero attached hydrogens (tertiary/aromatic N) is 1. The van der Waals surface area contributed by atoms with Gasteiger partial charge in [0.1, 0.15) is 0 Å². The molecule has 1 aromatic rings. The number of carbonyl (C=O) groups excluding carboxylic acids is 1. The van der Waals surface area contributed by atoms with Crippen LogP contribution in [0, 0.1) is 19.3 Å². The second kappa shape index (κ2) is 5.57. The second-order valence-corrected chi connectivity index (χ2v) is 5.52. The van der Waals surface area contributed by atoms with Gasteiger partial charge in [0, 0.05) is 38.6 Å². The molecule has 0 unspecified atom stereocenters. The quantitative estimate of drug-likeness (QED) is 0.833. The van der Waals surface area contributed by atoms with E-state index in [0.717, 1.165) is 6.54 Å². The number of carbonyl (C=O) groups is 1. The van der Waals surface area contributed by atoms with E-state index in [0.29, 0.717) is 6.54 Å². The Kier molecular flexibility index (Phi) is 4.57. The van der Waals surface area contributed by atoms with E-state index in [1.807, 2.05) is 13.8 Å². The molecule has 1 amide bonds. The zero-order chi connectivity index (χ0) is 13.9. The first-order valence-corrected chi connectivity index (χ1v) is 6.34. The lowest BCUT2D eigenvalue weighted by molar-refractivity contribution is -0.128. The summed E-state index contributed by atoms with van der Waals surface area (Å²) in [6.45, 7) is 9.58. The van der Waals surface area contributed by atoms with Gasteiger partial charge in [-0.1, -0.05) is 0 Å². The lowest BCUT2D eigenvalue weighted by Crippen LogP contribution is -2.41. The van der Waals surface area contributed by atoms with Crippen LogP contribution < -0.4 is 10.6 Å². The first kappa shape index (κ1) is 14.8. The SMILES string of the molecule is CNC(=O)C(C)(C)CNCc1cc(C)n(C)c1C. The highest BCUT2D eigenvalue weighted by molar-refractivity contribution is 5.81. The van der Waals surface area contributed by atoms with Gasteiger partial charge in [0.2, 0.25) is 5.91 Å². The third-order valence-corrected chi connectivity index (χ3v) is 3.60. The minimum absolute atomic E-state index is 0.0657. The Morgan fingerprint density at radius 3 is 2.44 bits per heavy atom. The first-order chi connectivity index (χ1) is 8.29. The molecule has 0 atom stereocenters.